The van der Waals surface area contributed by atoms with Crippen LogP contribution in [0.2, 0.25) is 0 Å². The lowest BCUT2D eigenvalue weighted by molar-refractivity contribution is 0.595. The SMILES string of the molecule is CCC(N)CCc1ccnc(Br)c1. The van der Waals surface area contributed by atoms with E-state index >= 15 is 0 Å². The number of hydrogen-bond donors (Lipinski definition) is 1. The molecule has 0 bridgehead atoms. The Kier molecular flexibility index (Phi) is 4.39. The van der Waals surface area contributed by atoms with Gasteiger partial charge in [-0.2, -0.15) is 0 Å². The van der Waals surface area contributed by atoms with E-state index < -0.39 is 0 Å². The van der Waals surface area contributed by atoms with Gasteiger partial charge in [0.1, 0.15) is 4.60 Å². The van der Waals surface area contributed by atoms with Crippen molar-refractivity contribution in [2.45, 2.75) is 32.2 Å². The number of pyridine rings is 1. The second kappa shape index (κ2) is 5.35. The molecule has 1 atom stereocenters. The lowest BCUT2D eigenvalue weighted by Crippen LogP contribution is -2.19. The van der Waals surface area contributed by atoms with Gasteiger partial charge in [-0.15, -0.1) is 0 Å². The van der Waals surface area contributed by atoms with Crippen LogP contribution >= 0.6 is 15.9 Å². The average molecular weight is 243 g/mol. The lowest BCUT2D eigenvalue weighted by atomic mass is 10.1. The minimum absolute atomic E-state index is 0.326. The van der Waals surface area contributed by atoms with Gasteiger partial charge in [0.15, 0.2) is 0 Å². The Labute approximate surface area is 87.7 Å². The summed E-state index contributed by atoms with van der Waals surface area (Å²) in [6.45, 7) is 2.12. The van der Waals surface area contributed by atoms with Crippen molar-refractivity contribution in [1.29, 1.82) is 0 Å². The fraction of sp³-hybridized carbons (Fsp3) is 0.500. The maximum atomic E-state index is 5.83. The van der Waals surface area contributed by atoms with Crippen molar-refractivity contribution >= 4 is 15.9 Å². The zero-order chi connectivity index (χ0) is 9.68. The van der Waals surface area contributed by atoms with Crippen LogP contribution in [0.5, 0.6) is 0 Å². The fourth-order valence-corrected chi connectivity index (χ4v) is 1.57. The maximum Gasteiger partial charge on any atom is 0.106 e. The summed E-state index contributed by atoms with van der Waals surface area (Å²) >= 11 is 3.34. The third kappa shape index (κ3) is 3.87. The Morgan fingerprint density at radius 2 is 2.38 bits per heavy atom. The van der Waals surface area contributed by atoms with Gasteiger partial charge in [0.05, 0.1) is 0 Å². The van der Waals surface area contributed by atoms with E-state index in [1.807, 2.05) is 18.3 Å². The second-order valence-corrected chi connectivity index (χ2v) is 4.01. The highest BCUT2D eigenvalue weighted by Crippen LogP contribution is 2.10. The highest BCUT2D eigenvalue weighted by Gasteiger charge is 2.00. The van der Waals surface area contributed by atoms with Crippen molar-refractivity contribution in [3.05, 3.63) is 28.5 Å². The van der Waals surface area contributed by atoms with Crippen LogP contribution in [-0.4, -0.2) is 11.0 Å². The van der Waals surface area contributed by atoms with Crippen molar-refractivity contribution in [3.8, 4) is 0 Å². The molecule has 0 aliphatic carbocycles. The molecule has 72 valence electrons. The number of halogens is 1. The Balaban J connectivity index is 2.45. The minimum atomic E-state index is 0.326. The molecule has 0 fully saturated rings. The van der Waals surface area contributed by atoms with E-state index in [-0.39, 0.29) is 0 Å². The maximum absolute atomic E-state index is 5.83. The first kappa shape index (κ1) is 10.7. The van der Waals surface area contributed by atoms with E-state index in [0.29, 0.717) is 6.04 Å². The summed E-state index contributed by atoms with van der Waals surface area (Å²) in [4.78, 5) is 4.07. The molecule has 0 saturated carbocycles. The van der Waals surface area contributed by atoms with E-state index in [4.69, 9.17) is 5.73 Å². The molecular weight excluding hydrogens is 228 g/mol. The number of nitrogens with two attached hydrogens (primary N) is 1. The van der Waals surface area contributed by atoms with Crippen LogP contribution in [-0.2, 0) is 6.42 Å². The van der Waals surface area contributed by atoms with Crippen molar-refractivity contribution in [3.63, 3.8) is 0 Å². The molecule has 0 saturated heterocycles. The van der Waals surface area contributed by atoms with Crippen LogP contribution in [0, 0.1) is 0 Å². The molecule has 0 aromatic carbocycles. The number of aryl methyl sites for hydroxylation is 1. The van der Waals surface area contributed by atoms with Crippen LogP contribution in [0.15, 0.2) is 22.9 Å². The number of aromatic nitrogens is 1. The summed E-state index contributed by atoms with van der Waals surface area (Å²) in [5.41, 5.74) is 7.13. The van der Waals surface area contributed by atoms with Gasteiger partial charge in [-0.25, -0.2) is 4.98 Å². The first-order valence-corrected chi connectivity index (χ1v) is 5.37. The first-order chi connectivity index (χ1) is 6.22. The molecule has 1 heterocycles. The molecule has 1 aromatic heterocycles. The quantitative estimate of drug-likeness (QED) is 0.825. The zero-order valence-corrected chi connectivity index (χ0v) is 9.42. The Hall–Kier alpha value is -0.410. The van der Waals surface area contributed by atoms with E-state index in [1.54, 1.807) is 0 Å². The van der Waals surface area contributed by atoms with Crippen LogP contribution in [0.1, 0.15) is 25.3 Å². The van der Waals surface area contributed by atoms with Gasteiger partial charge >= 0.3 is 0 Å². The third-order valence-corrected chi connectivity index (χ3v) is 2.55. The Bertz CT molecular complexity index is 263. The minimum Gasteiger partial charge on any atom is -0.328 e. The molecule has 1 unspecified atom stereocenters. The smallest absolute Gasteiger partial charge is 0.106 e. The molecule has 0 amide bonds. The van der Waals surface area contributed by atoms with Gasteiger partial charge in [0.25, 0.3) is 0 Å². The largest absolute Gasteiger partial charge is 0.328 e. The summed E-state index contributed by atoms with van der Waals surface area (Å²) in [6, 6.07) is 4.40. The van der Waals surface area contributed by atoms with Crippen LogP contribution in [0.4, 0.5) is 0 Å². The first-order valence-electron chi connectivity index (χ1n) is 4.58. The third-order valence-electron chi connectivity index (χ3n) is 2.12. The summed E-state index contributed by atoms with van der Waals surface area (Å²) in [7, 11) is 0. The van der Waals surface area contributed by atoms with E-state index in [9.17, 15) is 0 Å². The van der Waals surface area contributed by atoms with Crippen molar-refractivity contribution in [2.75, 3.05) is 0 Å². The standard InChI is InChI=1S/C10H15BrN2/c1-2-9(12)4-3-8-5-6-13-10(11)7-8/h5-7,9H,2-4,12H2,1H3. The fourth-order valence-electron chi connectivity index (χ4n) is 1.15. The van der Waals surface area contributed by atoms with Crippen molar-refractivity contribution < 1.29 is 0 Å². The highest BCUT2D eigenvalue weighted by molar-refractivity contribution is 9.10. The topological polar surface area (TPSA) is 38.9 Å². The van der Waals surface area contributed by atoms with Gasteiger partial charge in [-0.1, -0.05) is 6.92 Å². The van der Waals surface area contributed by atoms with Crippen LogP contribution in [0.25, 0.3) is 0 Å². The summed E-state index contributed by atoms with van der Waals surface area (Å²) < 4.78 is 0.898. The van der Waals surface area contributed by atoms with Gasteiger partial charge in [0.2, 0.25) is 0 Å². The normalized spacial score (nSPS) is 12.8. The van der Waals surface area contributed by atoms with Crippen molar-refractivity contribution in [1.82, 2.24) is 4.98 Å². The van der Waals surface area contributed by atoms with E-state index in [0.717, 1.165) is 23.9 Å². The molecule has 1 rings (SSSR count). The van der Waals surface area contributed by atoms with E-state index in [2.05, 4.69) is 27.8 Å². The van der Waals surface area contributed by atoms with Crippen LogP contribution in [0.3, 0.4) is 0 Å². The predicted molar refractivity (Wildman–Crippen MR) is 58.5 cm³/mol. The van der Waals surface area contributed by atoms with Crippen LogP contribution < -0.4 is 5.73 Å². The summed E-state index contributed by atoms with van der Waals surface area (Å²) in [5.74, 6) is 0. The second-order valence-electron chi connectivity index (χ2n) is 3.19. The van der Waals surface area contributed by atoms with Crippen molar-refractivity contribution in [2.24, 2.45) is 5.73 Å². The number of nitrogens with zero attached hydrogens (tertiary/aromatic N) is 1. The van der Waals surface area contributed by atoms with E-state index in [1.165, 1.54) is 5.56 Å². The van der Waals surface area contributed by atoms with Gasteiger partial charge < -0.3 is 5.73 Å². The molecule has 3 heteroatoms. The number of rotatable bonds is 4. The molecule has 13 heavy (non-hydrogen) atoms. The van der Waals surface area contributed by atoms with Gasteiger partial charge in [-0.3, -0.25) is 0 Å². The molecule has 1 aromatic rings. The molecule has 0 spiro atoms. The van der Waals surface area contributed by atoms with Gasteiger partial charge in [-0.05, 0) is 52.9 Å². The Morgan fingerprint density at radius 1 is 1.62 bits per heavy atom. The lowest BCUT2D eigenvalue weighted by Gasteiger charge is -2.07. The summed E-state index contributed by atoms with van der Waals surface area (Å²) in [6.07, 6.45) is 4.95. The zero-order valence-electron chi connectivity index (χ0n) is 7.83. The average Bonchev–Trinajstić information content (AvgIpc) is 2.14. The molecule has 0 aliphatic rings. The molecule has 2 nitrogen and oxygen atoms in total. The molecule has 0 radical (unpaired) electrons. The molecule has 0 aliphatic heterocycles. The van der Waals surface area contributed by atoms with Gasteiger partial charge in [0, 0.05) is 12.2 Å². The molecular formula is C10H15BrN2. The summed E-state index contributed by atoms with van der Waals surface area (Å²) in [5, 5.41) is 0. The Morgan fingerprint density at radius 3 is 3.00 bits per heavy atom. The number of hydrogen-bond acceptors (Lipinski definition) is 2. The monoisotopic (exact) mass is 242 g/mol. The predicted octanol–water partition coefficient (Wildman–Crippen LogP) is 2.51. The highest BCUT2D eigenvalue weighted by atomic mass is 79.9. The molecule has 2 N–H and O–H groups in total.